The van der Waals surface area contributed by atoms with E-state index in [1.54, 1.807) is 0 Å². The van der Waals surface area contributed by atoms with Crippen molar-refractivity contribution in [1.82, 2.24) is 0 Å². The molecule has 3 aliphatic carbocycles. The molecule has 0 radical (unpaired) electrons. The summed E-state index contributed by atoms with van der Waals surface area (Å²) in [6.07, 6.45) is 4.27. The average Bonchev–Trinajstić information content (AvgIpc) is 3.16. The van der Waals surface area contributed by atoms with E-state index in [0.29, 0.717) is 24.4 Å². The van der Waals surface area contributed by atoms with Crippen molar-refractivity contribution < 1.29 is 19.3 Å². The second-order valence-corrected chi connectivity index (χ2v) is 11.2. The zero-order valence-corrected chi connectivity index (χ0v) is 17.7. The zero-order chi connectivity index (χ0) is 19.4. The van der Waals surface area contributed by atoms with Gasteiger partial charge in [0.2, 0.25) is 0 Å². The highest BCUT2D eigenvalue weighted by Gasteiger charge is 2.69. The van der Waals surface area contributed by atoms with Crippen molar-refractivity contribution in [3.8, 4) is 0 Å². The Balaban J connectivity index is 1.65. The van der Waals surface area contributed by atoms with Gasteiger partial charge in [0.1, 0.15) is 0 Å². The summed E-state index contributed by atoms with van der Waals surface area (Å²) in [5.41, 5.74) is 2.90. The van der Waals surface area contributed by atoms with Crippen LogP contribution in [0.4, 0.5) is 0 Å². The van der Waals surface area contributed by atoms with E-state index in [9.17, 15) is 5.11 Å². The van der Waals surface area contributed by atoms with Crippen molar-refractivity contribution in [3.05, 3.63) is 11.1 Å². The van der Waals surface area contributed by atoms with E-state index in [2.05, 4.69) is 27.7 Å². The van der Waals surface area contributed by atoms with Gasteiger partial charge in [0.25, 0.3) is 0 Å². The van der Waals surface area contributed by atoms with Gasteiger partial charge < -0.3 is 19.3 Å². The Bertz CT molecular complexity index is 682. The SMILES string of the molecule is CC(C)[C@H]1[C@H]2OC(C)(C)O[C@H]2[C@@H]2[C@H]3OCC4=C3[C@@](C)(CC[C@@H]4O)CC[C@@]21C. The van der Waals surface area contributed by atoms with Crippen molar-refractivity contribution in [1.29, 1.82) is 0 Å². The molecule has 1 N–H and O–H groups in total. The maximum Gasteiger partial charge on any atom is 0.163 e. The minimum Gasteiger partial charge on any atom is -0.389 e. The molecule has 0 bridgehead atoms. The van der Waals surface area contributed by atoms with E-state index in [1.807, 2.05) is 13.8 Å². The summed E-state index contributed by atoms with van der Waals surface area (Å²) in [7, 11) is 0. The van der Waals surface area contributed by atoms with Crippen molar-refractivity contribution in [2.75, 3.05) is 6.61 Å². The van der Waals surface area contributed by atoms with Crippen LogP contribution in [0.25, 0.3) is 0 Å². The molecule has 2 heterocycles. The van der Waals surface area contributed by atoms with Gasteiger partial charge in [-0.15, -0.1) is 0 Å². The quantitative estimate of drug-likeness (QED) is 0.701. The second kappa shape index (κ2) is 5.59. The number of ether oxygens (including phenoxy) is 3. The first-order valence-corrected chi connectivity index (χ1v) is 11.0. The van der Waals surface area contributed by atoms with Crippen LogP contribution in [-0.2, 0) is 14.2 Å². The highest BCUT2D eigenvalue weighted by Crippen LogP contribution is 2.66. The van der Waals surface area contributed by atoms with Gasteiger partial charge in [-0.2, -0.15) is 0 Å². The predicted octanol–water partition coefficient (Wildman–Crippen LogP) is 4.07. The van der Waals surface area contributed by atoms with E-state index in [4.69, 9.17) is 14.2 Å². The molecule has 2 saturated carbocycles. The standard InChI is InChI=1S/C23H36O4/c1-12(2)15-19-20(27-21(3,4)26-19)17-18-16-13(11-25-18)14(24)7-8-22(16,5)9-10-23(15,17)6/h12,14-15,17-20,24H,7-11H2,1-6H3/t14-,15-,17-,18-,19+,20-,22-,23+/m0/s1. The van der Waals surface area contributed by atoms with Crippen LogP contribution >= 0.6 is 0 Å². The molecule has 0 unspecified atom stereocenters. The average molecular weight is 377 g/mol. The molecule has 2 aliphatic heterocycles. The van der Waals surface area contributed by atoms with Gasteiger partial charge in [0.15, 0.2) is 5.79 Å². The van der Waals surface area contributed by atoms with Crippen molar-refractivity contribution in [3.63, 3.8) is 0 Å². The molecule has 5 aliphatic rings. The summed E-state index contributed by atoms with van der Waals surface area (Å²) in [6.45, 7) is 14.3. The molecule has 5 rings (SSSR count). The Morgan fingerprint density at radius 3 is 2.41 bits per heavy atom. The van der Waals surface area contributed by atoms with Crippen LogP contribution in [0.2, 0.25) is 0 Å². The molecule has 0 aromatic rings. The van der Waals surface area contributed by atoms with Gasteiger partial charge in [0, 0.05) is 5.92 Å². The minimum atomic E-state index is -0.526. The fourth-order valence-corrected chi connectivity index (χ4v) is 7.72. The van der Waals surface area contributed by atoms with Gasteiger partial charge in [-0.05, 0) is 73.3 Å². The van der Waals surface area contributed by atoms with E-state index in [-0.39, 0.29) is 35.2 Å². The van der Waals surface area contributed by atoms with E-state index in [1.165, 1.54) is 24.0 Å². The Kier molecular flexibility index (Phi) is 3.85. The topological polar surface area (TPSA) is 47.9 Å². The van der Waals surface area contributed by atoms with E-state index < -0.39 is 5.79 Å². The normalized spacial score (nSPS) is 53.3. The molecular weight excluding hydrogens is 340 g/mol. The Morgan fingerprint density at radius 2 is 1.70 bits per heavy atom. The maximum atomic E-state index is 10.7. The Labute approximate surface area is 163 Å². The highest BCUT2D eigenvalue weighted by atomic mass is 16.8. The molecule has 0 aromatic heterocycles. The third-order valence-electron chi connectivity index (χ3n) is 8.73. The molecular formula is C23H36O4. The van der Waals surface area contributed by atoms with Gasteiger partial charge in [-0.25, -0.2) is 0 Å². The summed E-state index contributed by atoms with van der Waals surface area (Å²) < 4.78 is 19.5. The molecule has 27 heavy (non-hydrogen) atoms. The lowest BCUT2D eigenvalue weighted by Gasteiger charge is -2.42. The first-order valence-electron chi connectivity index (χ1n) is 11.0. The van der Waals surface area contributed by atoms with Gasteiger partial charge >= 0.3 is 0 Å². The maximum absolute atomic E-state index is 10.7. The molecule has 4 heteroatoms. The molecule has 1 saturated heterocycles. The molecule has 0 aromatic carbocycles. The summed E-state index contributed by atoms with van der Waals surface area (Å²) in [4.78, 5) is 0. The lowest BCUT2D eigenvalue weighted by molar-refractivity contribution is -0.185. The zero-order valence-electron chi connectivity index (χ0n) is 17.7. The minimum absolute atomic E-state index is 0.0706. The summed E-state index contributed by atoms with van der Waals surface area (Å²) in [6, 6.07) is 0. The summed E-state index contributed by atoms with van der Waals surface area (Å²) in [5.74, 6) is 0.785. The smallest absolute Gasteiger partial charge is 0.163 e. The first kappa shape index (κ1) is 18.6. The number of rotatable bonds is 1. The molecule has 0 amide bonds. The second-order valence-electron chi connectivity index (χ2n) is 11.2. The molecule has 8 atom stereocenters. The highest BCUT2D eigenvalue weighted by molar-refractivity contribution is 5.38. The Morgan fingerprint density at radius 1 is 1.00 bits per heavy atom. The lowest BCUT2D eigenvalue weighted by atomic mass is 9.65. The van der Waals surface area contributed by atoms with Crippen molar-refractivity contribution >= 4 is 0 Å². The third kappa shape index (κ3) is 2.36. The van der Waals surface area contributed by atoms with Gasteiger partial charge in [-0.1, -0.05) is 27.7 Å². The first-order chi connectivity index (χ1) is 12.6. The fraction of sp³-hybridized carbons (Fsp3) is 0.913. The van der Waals surface area contributed by atoms with Crippen LogP contribution in [-0.4, -0.2) is 41.9 Å². The van der Waals surface area contributed by atoms with Crippen LogP contribution in [0.15, 0.2) is 11.1 Å². The molecule has 152 valence electrons. The van der Waals surface area contributed by atoms with E-state index >= 15 is 0 Å². The number of aliphatic hydroxyl groups excluding tert-OH is 1. The largest absolute Gasteiger partial charge is 0.389 e. The van der Waals surface area contributed by atoms with Gasteiger partial charge in [-0.3, -0.25) is 0 Å². The fourth-order valence-electron chi connectivity index (χ4n) is 7.72. The summed E-state index contributed by atoms with van der Waals surface area (Å²) >= 11 is 0. The summed E-state index contributed by atoms with van der Waals surface area (Å²) in [5, 5.41) is 10.7. The molecule has 3 fully saturated rings. The number of hydrogen-bond donors (Lipinski definition) is 1. The predicted molar refractivity (Wildman–Crippen MR) is 103 cm³/mol. The van der Waals surface area contributed by atoms with Crippen LogP contribution in [0.1, 0.15) is 67.2 Å². The van der Waals surface area contributed by atoms with Crippen molar-refractivity contribution in [2.24, 2.45) is 28.6 Å². The van der Waals surface area contributed by atoms with Gasteiger partial charge in [0.05, 0.1) is 31.0 Å². The van der Waals surface area contributed by atoms with Crippen molar-refractivity contribution in [2.45, 2.75) is 97.4 Å². The molecule has 4 nitrogen and oxygen atoms in total. The monoisotopic (exact) mass is 376 g/mol. The van der Waals surface area contributed by atoms with Crippen LogP contribution in [0, 0.1) is 28.6 Å². The molecule has 0 spiro atoms. The third-order valence-corrected chi connectivity index (χ3v) is 8.73. The van der Waals surface area contributed by atoms with E-state index in [0.717, 1.165) is 12.8 Å². The van der Waals surface area contributed by atoms with Crippen LogP contribution in [0.3, 0.4) is 0 Å². The number of aliphatic hydroxyl groups is 1. The number of hydrogen-bond acceptors (Lipinski definition) is 4. The lowest BCUT2D eigenvalue weighted by Crippen LogP contribution is -2.43. The van der Waals surface area contributed by atoms with Crippen LogP contribution in [0.5, 0.6) is 0 Å². The number of fused-ring (bicyclic) bond motifs is 4. The Hall–Kier alpha value is -0.420. The van der Waals surface area contributed by atoms with Crippen LogP contribution < -0.4 is 0 Å².